The van der Waals surface area contributed by atoms with Gasteiger partial charge in [-0.05, 0) is 55.9 Å². The van der Waals surface area contributed by atoms with E-state index in [-0.39, 0.29) is 11.9 Å². The number of thiophene rings is 1. The number of likely N-dealkylation sites (N-methyl/N-ethyl adjacent to an activating group) is 1. The van der Waals surface area contributed by atoms with E-state index in [1.165, 1.54) is 4.88 Å². The van der Waals surface area contributed by atoms with Gasteiger partial charge in [-0.25, -0.2) is 0 Å². The molecule has 0 aliphatic rings. The molecule has 1 N–H and O–H groups in total. The Bertz CT molecular complexity index is 779. The van der Waals surface area contributed by atoms with Crippen molar-refractivity contribution >= 4 is 17.2 Å². The van der Waals surface area contributed by atoms with E-state index in [1.807, 2.05) is 73.5 Å². The van der Waals surface area contributed by atoms with Gasteiger partial charge < -0.3 is 14.8 Å². The molecule has 0 aliphatic heterocycles. The highest BCUT2D eigenvalue weighted by Gasteiger charge is 2.16. The molecule has 1 aromatic carbocycles. The summed E-state index contributed by atoms with van der Waals surface area (Å²) in [6.07, 6.45) is 3.94. The fourth-order valence-electron chi connectivity index (χ4n) is 2.62. The first-order chi connectivity index (χ1) is 11.6. The van der Waals surface area contributed by atoms with E-state index in [4.69, 9.17) is 0 Å². The predicted octanol–water partition coefficient (Wildman–Crippen LogP) is 3.57. The highest BCUT2D eigenvalue weighted by atomic mass is 32.1. The molecule has 2 heterocycles. The number of nitrogens with zero attached hydrogens (tertiary/aromatic N) is 2. The molecule has 0 bridgehead atoms. The van der Waals surface area contributed by atoms with E-state index in [0.717, 1.165) is 5.69 Å². The molecule has 4 nitrogen and oxygen atoms in total. The number of nitrogens with one attached hydrogen (secondary N) is 1. The summed E-state index contributed by atoms with van der Waals surface area (Å²) in [7, 11) is 4.06. The van der Waals surface area contributed by atoms with Crippen LogP contribution in [0.2, 0.25) is 0 Å². The van der Waals surface area contributed by atoms with Crippen LogP contribution in [0.4, 0.5) is 0 Å². The summed E-state index contributed by atoms with van der Waals surface area (Å²) in [5, 5.41) is 5.12. The van der Waals surface area contributed by atoms with E-state index in [2.05, 4.69) is 21.7 Å². The molecule has 1 amide bonds. The molecule has 5 heteroatoms. The minimum absolute atomic E-state index is 0.0487. The Labute approximate surface area is 146 Å². The van der Waals surface area contributed by atoms with Crippen molar-refractivity contribution in [2.45, 2.75) is 6.04 Å². The maximum Gasteiger partial charge on any atom is 0.251 e. The number of benzene rings is 1. The van der Waals surface area contributed by atoms with Gasteiger partial charge in [0.25, 0.3) is 5.91 Å². The third-order valence-corrected chi connectivity index (χ3v) is 4.94. The Morgan fingerprint density at radius 1 is 1.17 bits per heavy atom. The molecule has 3 aromatic rings. The van der Waals surface area contributed by atoms with Gasteiger partial charge in [0.05, 0.1) is 6.04 Å². The standard InChI is InChI=1S/C19H21N3OS/c1-21(2)17(18-9-6-12-24-18)14-20-19(23)15-7-5-8-16(13-15)22-10-3-4-11-22/h3-13,17H,14H2,1-2H3,(H,20,23). The number of carbonyl (C=O) groups excluding carboxylic acids is 1. The summed E-state index contributed by atoms with van der Waals surface area (Å²) >= 11 is 1.71. The number of hydrogen-bond acceptors (Lipinski definition) is 3. The summed E-state index contributed by atoms with van der Waals surface area (Å²) in [4.78, 5) is 15.9. The molecule has 0 aliphatic carbocycles. The second-order valence-corrected chi connectivity index (χ2v) is 6.82. The molecule has 3 rings (SSSR count). The molecule has 0 saturated heterocycles. The summed E-state index contributed by atoms with van der Waals surface area (Å²) in [5.41, 5.74) is 1.65. The lowest BCUT2D eigenvalue weighted by Crippen LogP contribution is -2.34. The smallest absolute Gasteiger partial charge is 0.251 e. The van der Waals surface area contributed by atoms with Gasteiger partial charge in [0.15, 0.2) is 0 Å². The lowest BCUT2D eigenvalue weighted by Gasteiger charge is -2.23. The van der Waals surface area contributed by atoms with Gasteiger partial charge in [0.1, 0.15) is 0 Å². The van der Waals surface area contributed by atoms with Crippen LogP contribution >= 0.6 is 11.3 Å². The van der Waals surface area contributed by atoms with E-state index in [1.54, 1.807) is 11.3 Å². The van der Waals surface area contributed by atoms with Gasteiger partial charge >= 0.3 is 0 Å². The molecule has 124 valence electrons. The molecular formula is C19H21N3OS. The van der Waals surface area contributed by atoms with Gasteiger partial charge in [-0.3, -0.25) is 4.79 Å². The van der Waals surface area contributed by atoms with Crippen LogP contribution in [0.5, 0.6) is 0 Å². The molecule has 2 aromatic heterocycles. The molecule has 0 saturated carbocycles. The molecule has 0 fully saturated rings. The predicted molar refractivity (Wildman–Crippen MR) is 98.8 cm³/mol. The van der Waals surface area contributed by atoms with Crippen molar-refractivity contribution in [1.82, 2.24) is 14.8 Å². The average Bonchev–Trinajstić information content (AvgIpc) is 3.28. The molecule has 0 radical (unpaired) electrons. The zero-order valence-electron chi connectivity index (χ0n) is 13.8. The first-order valence-electron chi connectivity index (χ1n) is 7.86. The maximum absolute atomic E-state index is 12.5. The molecular weight excluding hydrogens is 318 g/mol. The van der Waals surface area contributed by atoms with Crippen LogP contribution in [0, 0.1) is 0 Å². The lowest BCUT2D eigenvalue weighted by molar-refractivity contribution is 0.0942. The Morgan fingerprint density at radius 2 is 1.96 bits per heavy atom. The first kappa shape index (κ1) is 16.5. The molecule has 1 atom stereocenters. The Hall–Kier alpha value is -2.37. The van der Waals surface area contributed by atoms with Crippen molar-refractivity contribution in [1.29, 1.82) is 0 Å². The minimum Gasteiger partial charge on any atom is -0.350 e. The topological polar surface area (TPSA) is 37.3 Å². The van der Waals surface area contributed by atoms with Crippen LogP contribution < -0.4 is 5.32 Å². The summed E-state index contributed by atoms with van der Waals surface area (Å²) in [6, 6.07) is 15.9. The van der Waals surface area contributed by atoms with Crippen molar-refractivity contribution in [3.05, 3.63) is 76.7 Å². The summed E-state index contributed by atoms with van der Waals surface area (Å²) in [6.45, 7) is 0.583. The number of amides is 1. The van der Waals surface area contributed by atoms with Crippen molar-refractivity contribution in [3.63, 3.8) is 0 Å². The van der Waals surface area contributed by atoms with Crippen LogP contribution in [-0.2, 0) is 0 Å². The fraction of sp³-hybridized carbons (Fsp3) is 0.211. The number of carbonyl (C=O) groups is 1. The largest absolute Gasteiger partial charge is 0.350 e. The highest BCUT2D eigenvalue weighted by molar-refractivity contribution is 7.10. The molecule has 1 unspecified atom stereocenters. The maximum atomic E-state index is 12.5. The zero-order chi connectivity index (χ0) is 16.9. The second kappa shape index (κ2) is 7.47. The van der Waals surface area contributed by atoms with Crippen LogP contribution in [0.25, 0.3) is 5.69 Å². The molecule has 24 heavy (non-hydrogen) atoms. The van der Waals surface area contributed by atoms with Gasteiger partial charge in [-0.1, -0.05) is 12.1 Å². The monoisotopic (exact) mass is 339 g/mol. The Kier molecular flexibility index (Phi) is 5.13. The van der Waals surface area contributed by atoms with Gasteiger partial charge in [0, 0.05) is 35.1 Å². The Balaban J connectivity index is 1.70. The summed E-state index contributed by atoms with van der Waals surface area (Å²) < 4.78 is 1.99. The van der Waals surface area contributed by atoms with Crippen LogP contribution in [0.15, 0.2) is 66.3 Å². The van der Waals surface area contributed by atoms with Crippen LogP contribution in [0.1, 0.15) is 21.3 Å². The van der Waals surface area contributed by atoms with Gasteiger partial charge in [-0.15, -0.1) is 11.3 Å². The van der Waals surface area contributed by atoms with Crippen LogP contribution in [-0.4, -0.2) is 36.0 Å². The quantitative estimate of drug-likeness (QED) is 0.745. The fourth-order valence-corrected chi connectivity index (χ4v) is 3.55. The number of aromatic nitrogens is 1. The second-order valence-electron chi connectivity index (χ2n) is 5.85. The SMILES string of the molecule is CN(C)C(CNC(=O)c1cccc(-n2cccc2)c1)c1cccs1. The highest BCUT2D eigenvalue weighted by Crippen LogP contribution is 2.22. The van der Waals surface area contributed by atoms with E-state index < -0.39 is 0 Å². The van der Waals surface area contributed by atoms with Crippen LogP contribution in [0.3, 0.4) is 0 Å². The average molecular weight is 339 g/mol. The van der Waals surface area contributed by atoms with Crippen molar-refractivity contribution in [3.8, 4) is 5.69 Å². The van der Waals surface area contributed by atoms with E-state index in [9.17, 15) is 4.79 Å². The van der Waals surface area contributed by atoms with E-state index in [0.29, 0.717) is 12.1 Å². The molecule has 0 spiro atoms. The van der Waals surface area contributed by atoms with Gasteiger partial charge in [0.2, 0.25) is 0 Å². The third kappa shape index (κ3) is 3.75. The third-order valence-electron chi connectivity index (χ3n) is 3.96. The number of hydrogen-bond donors (Lipinski definition) is 1. The minimum atomic E-state index is -0.0487. The first-order valence-corrected chi connectivity index (χ1v) is 8.74. The van der Waals surface area contributed by atoms with Gasteiger partial charge in [-0.2, -0.15) is 0 Å². The van der Waals surface area contributed by atoms with Crippen molar-refractivity contribution in [2.75, 3.05) is 20.6 Å². The Morgan fingerprint density at radius 3 is 2.62 bits per heavy atom. The normalized spacial score (nSPS) is 12.3. The lowest BCUT2D eigenvalue weighted by atomic mass is 10.1. The van der Waals surface area contributed by atoms with E-state index >= 15 is 0 Å². The van der Waals surface area contributed by atoms with Crippen molar-refractivity contribution in [2.24, 2.45) is 0 Å². The number of rotatable bonds is 6. The zero-order valence-corrected chi connectivity index (χ0v) is 14.7. The van der Waals surface area contributed by atoms with Crippen molar-refractivity contribution < 1.29 is 4.79 Å². The summed E-state index contributed by atoms with van der Waals surface area (Å²) in [5.74, 6) is -0.0487.